The number of nitrogens with one attached hydrogen (secondary N) is 1. The average Bonchev–Trinajstić information content (AvgIpc) is 2.53. The Kier molecular flexibility index (Phi) is 5.14. The monoisotopic (exact) mass is 293 g/mol. The van der Waals surface area contributed by atoms with Crippen LogP contribution in [0.2, 0.25) is 0 Å². The zero-order valence-electron chi connectivity index (χ0n) is 12.4. The Morgan fingerprint density at radius 1 is 1.57 bits per heavy atom. The Balaban J connectivity index is 2.11. The third-order valence-electron chi connectivity index (χ3n) is 3.95. The molecule has 6 nitrogen and oxygen atoms in total. The summed E-state index contributed by atoms with van der Waals surface area (Å²) in [7, 11) is 0. The van der Waals surface area contributed by atoms with E-state index in [1.165, 1.54) is 0 Å². The highest BCUT2D eigenvalue weighted by Crippen LogP contribution is 2.28. The second-order valence-corrected chi connectivity index (χ2v) is 5.48. The van der Waals surface area contributed by atoms with Crippen LogP contribution in [0.3, 0.4) is 0 Å². The van der Waals surface area contributed by atoms with Gasteiger partial charge in [-0.25, -0.2) is 0 Å². The molecule has 1 saturated heterocycles. The first-order chi connectivity index (χ1) is 10.1. The summed E-state index contributed by atoms with van der Waals surface area (Å²) in [6.07, 6.45) is 4.06. The molecule has 0 bridgehead atoms. The maximum Gasteiger partial charge on any atom is 0.270 e. The van der Waals surface area contributed by atoms with E-state index < -0.39 is 5.60 Å². The van der Waals surface area contributed by atoms with E-state index in [-0.39, 0.29) is 19.1 Å². The lowest BCUT2D eigenvalue weighted by atomic mass is 9.90. The van der Waals surface area contributed by atoms with E-state index in [0.29, 0.717) is 12.2 Å². The van der Waals surface area contributed by atoms with Gasteiger partial charge in [-0.15, -0.1) is 0 Å². The van der Waals surface area contributed by atoms with Gasteiger partial charge in [0.1, 0.15) is 5.69 Å². The van der Waals surface area contributed by atoms with Crippen molar-refractivity contribution in [2.75, 3.05) is 31.1 Å². The van der Waals surface area contributed by atoms with Gasteiger partial charge >= 0.3 is 0 Å². The minimum atomic E-state index is -0.652. The van der Waals surface area contributed by atoms with Crippen molar-refractivity contribution >= 4 is 11.6 Å². The molecular formula is C15H23N3O3. The quantitative estimate of drug-likeness (QED) is 0.738. The topological polar surface area (TPSA) is 85.7 Å². The van der Waals surface area contributed by atoms with Crippen molar-refractivity contribution in [3.63, 3.8) is 0 Å². The average molecular weight is 293 g/mol. The molecule has 0 radical (unpaired) electrons. The van der Waals surface area contributed by atoms with Gasteiger partial charge in [0.05, 0.1) is 12.2 Å². The number of pyridine rings is 1. The molecule has 0 aromatic carbocycles. The van der Waals surface area contributed by atoms with Crippen LogP contribution in [0.4, 0.5) is 5.69 Å². The lowest BCUT2D eigenvalue weighted by Gasteiger charge is -2.40. The third-order valence-corrected chi connectivity index (χ3v) is 3.95. The number of rotatable bonds is 5. The number of β-amino-alcohol motifs (C(OH)–C–C–N with tert-alkyl or cyclic N) is 1. The van der Waals surface area contributed by atoms with Crippen molar-refractivity contribution in [2.45, 2.75) is 31.8 Å². The number of piperidine rings is 1. The molecule has 21 heavy (non-hydrogen) atoms. The minimum Gasteiger partial charge on any atom is -0.395 e. The van der Waals surface area contributed by atoms with Gasteiger partial charge in [0.25, 0.3) is 5.91 Å². The molecule has 1 aromatic heterocycles. The zero-order valence-corrected chi connectivity index (χ0v) is 12.4. The van der Waals surface area contributed by atoms with E-state index >= 15 is 0 Å². The molecule has 1 aromatic rings. The Bertz CT molecular complexity index is 495. The SMILES string of the molecule is CC[C@]1(O)CCCN(c2ccnc(C(=O)NCCO)c2)C1. The number of hydrogen-bond donors (Lipinski definition) is 3. The molecule has 1 fully saturated rings. The molecule has 3 N–H and O–H groups in total. The fourth-order valence-electron chi connectivity index (χ4n) is 2.62. The Hall–Kier alpha value is -1.66. The van der Waals surface area contributed by atoms with Crippen LogP contribution in [0.5, 0.6) is 0 Å². The van der Waals surface area contributed by atoms with E-state index in [4.69, 9.17) is 5.11 Å². The number of aliphatic hydroxyl groups excluding tert-OH is 1. The number of carbonyl (C=O) groups excluding carboxylic acids is 1. The van der Waals surface area contributed by atoms with Gasteiger partial charge in [0, 0.05) is 31.5 Å². The highest BCUT2D eigenvalue weighted by atomic mass is 16.3. The van der Waals surface area contributed by atoms with Crippen LogP contribution in [0.1, 0.15) is 36.7 Å². The number of nitrogens with zero attached hydrogens (tertiary/aromatic N) is 2. The fourth-order valence-corrected chi connectivity index (χ4v) is 2.62. The molecule has 0 unspecified atom stereocenters. The van der Waals surface area contributed by atoms with Crippen LogP contribution < -0.4 is 10.2 Å². The van der Waals surface area contributed by atoms with Gasteiger partial charge in [-0.05, 0) is 31.4 Å². The van der Waals surface area contributed by atoms with Crippen LogP contribution in [0.15, 0.2) is 18.3 Å². The van der Waals surface area contributed by atoms with E-state index in [0.717, 1.165) is 31.5 Å². The highest BCUT2D eigenvalue weighted by molar-refractivity contribution is 5.93. The lowest BCUT2D eigenvalue weighted by molar-refractivity contribution is 0.0223. The standard InChI is InChI=1S/C15H23N3O3/c1-2-15(21)5-3-8-18(11-15)12-4-6-16-13(10-12)14(20)17-7-9-19/h4,6,10,19,21H,2-3,5,7-9,11H2,1H3,(H,17,20)/t15-/m0/s1. The van der Waals surface area contributed by atoms with Crippen LogP contribution in [0.25, 0.3) is 0 Å². The highest BCUT2D eigenvalue weighted by Gasteiger charge is 2.31. The molecule has 1 amide bonds. The number of anilines is 1. The smallest absolute Gasteiger partial charge is 0.270 e. The summed E-state index contributed by atoms with van der Waals surface area (Å²) in [6, 6.07) is 3.58. The van der Waals surface area contributed by atoms with Crippen molar-refractivity contribution in [1.82, 2.24) is 10.3 Å². The molecule has 0 saturated carbocycles. The summed E-state index contributed by atoms with van der Waals surface area (Å²) >= 11 is 0. The van der Waals surface area contributed by atoms with E-state index in [9.17, 15) is 9.90 Å². The Labute approximate surface area is 124 Å². The second-order valence-electron chi connectivity index (χ2n) is 5.48. The molecule has 0 spiro atoms. The summed E-state index contributed by atoms with van der Waals surface area (Å²) in [5, 5.41) is 21.8. The molecule has 116 valence electrons. The third kappa shape index (κ3) is 3.92. The number of aliphatic hydroxyl groups is 2. The van der Waals surface area contributed by atoms with Crippen LogP contribution in [-0.2, 0) is 0 Å². The second kappa shape index (κ2) is 6.87. The molecular weight excluding hydrogens is 270 g/mol. The molecule has 1 atom stereocenters. The van der Waals surface area contributed by atoms with Gasteiger partial charge in [0.15, 0.2) is 0 Å². The largest absolute Gasteiger partial charge is 0.395 e. The first-order valence-electron chi connectivity index (χ1n) is 7.40. The maximum atomic E-state index is 11.9. The van der Waals surface area contributed by atoms with Crippen molar-refractivity contribution in [1.29, 1.82) is 0 Å². The Morgan fingerprint density at radius 3 is 3.10 bits per heavy atom. The summed E-state index contributed by atoms with van der Waals surface area (Å²) in [5.74, 6) is -0.298. The minimum absolute atomic E-state index is 0.0961. The van der Waals surface area contributed by atoms with E-state index in [1.807, 2.05) is 13.0 Å². The van der Waals surface area contributed by atoms with Crippen molar-refractivity contribution in [3.8, 4) is 0 Å². The van der Waals surface area contributed by atoms with Crippen LogP contribution in [0, 0.1) is 0 Å². The number of aromatic nitrogens is 1. The Morgan fingerprint density at radius 2 is 2.38 bits per heavy atom. The van der Waals surface area contributed by atoms with Gasteiger partial charge in [-0.2, -0.15) is 0 Å². The van der Waals surface area contributed by atoms with Crippen molar-refractivity contribution in [3.05, 3.63) is 24.0 Å². The van der Waals surface area contributed by atoms with Crippen LogP contribution in [-0.4, -0.2) is 52.9 Å². The molecule has 1 aliphatic rings. The predicted molar refractivity (Wildman–Crippen MR) is 80.3 cm³/mol. The molecule has 1 aliphatic heterocycles. The van der Waals surface area contributed by atoms with E-state index in [1.54, 1.807) is 12.3 Å². The summed E-state index contributed by atoms with van der Waals surface area (Å²) in [4.78, 5) is 18.0. The lowest BCUT2D eigenvalue weighted by Crippen LogP contribution is -2.47. The number of carbonyl (C=O) groups is 1. The van der Waals surface area contributed by atoms with Gasteiger partial charge < -0.3 is 20.4 Å². The fraction of sp³-hybridized carbons (Fsp3) is 0.600. The number of amides is 1. The molecule has 2 heterocycles. The van der Waals surface area contributed by atoms with Crippen LogP contribution >= 0.6 is 0 Å². The normalized spacial score (nSPS) is 22.1. The molecule has 0 aliphatic carbocycles. The first-order valence-corrected chi connectivity index (χ1v) is 7.40. The van der Waals surface area contributed by atoms with Gasteiger partial charge in [-0.3, -0.25) is 9.78 Å². The molecule has 2 rings (SSSR count). The molecule has 6 heteroatoms. The zero-order chi connectivity index (χ0) is 15.3. The predicted octanol–water partition coefficient (Wildman–Crippen LogP) is 0.545. The number of hydrogen-bond acceptors (Lipinski definition) is 5. The van der Waals surface area contributed by atoms with E-state index in [2.05, 4.69) is 15.2 Å². The summed E-state index contributed by atoms with van der Waals surface area (Å²) in [5.41, 5.74) is 0.568. The van der Waals surface area contributed by atoms with Crippen molar-refractivity contribution in [2.24, 2.45) is 0 Å². The first kappa shape index (κ1) is 15.7. The summed E-state index contributed by atoms with van der Waals surface area (Å²) < 4.78 is 0. The van der Waals surface area contributed by atoms with Gasteiger partial charge in [0.2, 0.25) is 0 Å². The summed E-state index contributed by atoms with van der Waals surface area (Å²) in [6.45, 7) is 3.55. The van der Waals surface area contributed by atoms with Crippen molar-refractivity contribution < 1.29 is 15.0 Å². The van der Waals surface area contributed by atoms with Gasteiger partial charge in [-0.1, -0.05) is 6.92 Å². The maximum absolute atomic E-state index is 11.9.